The second-order valence-electron chi connectivity index (χ2n) is 9.01. The second kappa shape index (κ2) is 9.60. The minimum absolute atomic E-state index is 0.129. The van der Waals surface area contributed by atoms with Crippen molar-refractivity contribution in [3.8, 4) is 11.1 Å². The van der Waals surface area contributed by atoms with Crippen molar-refractivity contribution < 1.29 is 18.0 Å². The van der Waals surface area contributed by atoms with Crippen LogP contribution < -0.4 is 5.32 Å². The molecular formula is C26H25F3N6O. The van der Waals surface area contributed by atoms with Gasteiger partial charge in [0.25, 0.3) is 5.91 Å². The molecule has 1 saturated heterocycles. The van der Waals surface area contributed by atoms with Crippen LogP contribution >= 0.6 is 0 Å². The molecule has 0 bridgehead atoms. The predicted molar refractivity (Wildman–Crippen MR) is 130 cm³/mol. The Kier molecular flexibility index (Phi) is 6.34. The van der Waals surface area contributed by atoms with Gasteiger partial charge in [-0.2, -0.15) is 5.10 Å². The number of aryl methyl sites for hydroxylation is 2. The maximum Gasteiger partial charge on any atom is 0.275 e. The van der Waals surface area contributed by atoms with E-state index in [0.29, 0.717) is 41.4 Å². The van der Waals surface area contributed by atoms with E-state index in [2.05, 4.69) is 20.4 Å². The van der Waals surface area contributed by atoms with Crippen molar-refractivity contribution in [2.24, 2.45) is 7.05 Å². The standard InChI is InChI=1S/C26H25F3N6O/c1-15-25(32-23-12-21(29)20(28)11-22(23)31-15)30-13-18-5-3-4-10-35(18)26(36)24-19(14-34(2)33-24)16-6-8-17(27)9-7-16/h6-9,11-12,14,18H,3-5,10,13H2,1-2H3,(H,30,32). The van der Waals surface area contributed by atoms with Gasteiger partial charge in [-0.15, -0.1) is 0 Å². The number of hydrogen-bond acceptors (Lipinski definition) is 5. The molecule has 3 heterocycles. The fraction of sp³-hybridized carbons (Fsp3) is 0.308. The van der Waals surface area contributed by atoms with Gasteiger partial charge in [0.2, 0.25) is 0 Å². The summed E-state index contributed by atoms with van der Waals surface area (Å²) in [5.74, 6) is -2.04. The second-order valence-corrected chi connectivity index (χ2v) is 9.01. The Morgan fingerprint density at radius 1 is 1.06 bits per heavy atom. The molecule has 36 heavy (non-hydrogen) atoms. The fourth-order valence-electron chi connectivity index (χ4n) is 4.63. The first-order chi connectivity index (χ1) is 17.3. The molecule has 1 aliphatic heterocycles. The SMILES string of the molecule is Cc1nc2cc(F)c(F)cc2nc1NCC1CCCCN1C(=O)c1nn(C)cc1-c1ccc(F)cc1. The molecule has 0 spiro atoms. The van der Waals surface area contributed by atoms with E-state index < -0.39 is 11.6 Å². The van der Waals surface area contributed by atoms with Crippen LogP contribution in [0.1, 0.15) is 35.4 Å². The van der Waals surface area contributed by atoms with E-state index in [0.717, 1.165) is 31.4 Å². The lowest BCUT2D eigenvalue weighted by atomic mass is 10.00. The van der Waals surface area contributed by atoms with E-state index in [9.17, 15) is 18.0 Å². The van der Waals surface area contributed by atoms with Gasteiger partial charge in [0.15, 0.2) is 17.3 Å². The zero-order valence-corrected chi connectivity index (χ0v) is 19.9. The van der Waals surface area contributed by atoms with Crippen molar-refractivity contribution in [2.45, 2.75) is 32.2 Å². The summed E-state index contributed by atoms with van der Waals surface area (Å²) in [6.07, 6.45) is 4.39. The molecule has 0 aliphatic carbocycles. The molecule has 1 aliphatic rings. The summed E-state index contributed by atoms with van der Waals surface area (Å²) in [4.78, 5) is 24.2. The maximum absolute atomic E-state index is 13.7. The van der Waals surface area contributed by atoms with Crippen molar-refractivity contribution in [3.05, 3.63) is 71.4 Å². The van der Waals surface area contributed by atoms with Crippen molar-refractivity contribution in [1.29, 1.82) is 0 Å². The van der Waals surface area contributed by atoms with E-state index in [-0.39, 0.29) is 28.8 Å². The molecule has 2 aromatic heterocycles. The number of likely N-dealkylation sites (tertiary alicyclic amines) is 1. The van der Waals surface area contributed by atoms with E-state index in [1.165, 1.54) is 12.1 Å². The molecule has 0 saturated carbocycles. The molecule has 1 fully saturated rings. The molecule has 2 aromatic carbocycles. The van der Waals surface area contributed by atoms with Crippen molar-refractivity contribution >= 4 is 22.8 Å². The molecule has 4 aromatic rings. The number of carbonyl (C=O) groups is 1. The topological polar surface area (TPSA) is 75.9 Å². The van der Waals surface area contributed by atoms with Crippen molar-refractivity contribution in [2.75, 3.05) is 18.4 Å². The summed E-state index contributed by atoms with van der Waals surface area (Å²) in [7, 11) is 1.74. The number of nitrogens with zero attached hydrogens (tertiary/aromatic N) is 5. The first-order valence-electron chi connectivity index (χ1n) is 11.8. The number of halogens is 3. The van der Waals surface area contributed by atoms with Gasteiger partial charge in [-0.1, -0.05) is 12.1 Å². The van der Waals surface area contributed by atoms with Crippen molar-refractivity contribution in [3.63, 3.8) is 0 Å². The molecule has 1 unspecified atom stereocenters. The molecule has 0 radical (unpaired) electrons. The fourth-order valence-corrected chi connectivity index (χ4v) is 4.63. The van der Waals surface area contributed by atoms with Crippen LogP contribution in [0.3, 0.4) is 0 Å². The highest BCUT2D eigenvalue weighted by Gasteiger charge is 2.31. The number of fused-ring (bicyclic) bond motifs is 1. The van der Waals surface area contributed by atoms with Crippen molar-refractivity contribution in [1.82, 2.24) is 24.6 Å². The molecule has 1 amide bonds. The van der Waals surface area contributed by atoms with Crippen LogP contribution in [0, 0.1) is 24.4 Å². The summed E-state index contributed by atoms with van der Waals surface area (Å²) in [5, 5.41) is 7.68. The molecular weight excluding hydrogens is 469 g/mol. The van der Waals surface area contributed by atoms with Crippen LogP contribution in [0.5, 0.6) is 0 Å². The van der Waals surface area contributed by atoms with E-state index >= 15 is 0 Å². The lowest BCUT2D eigenvalue weighted by Crippen LogP contribution is -2.47. The number of nitrogens with one attached hydrogen (secondary N) is 1. The molecule has 186 valence electrons. The Labute approximate surface area is 206 Å². The lowest BCUT2D eigenvalue weighted by molar-refractivity contribution is 0.0622. The van der Waals surface area contributed by atoms with Crippen LogP contribution in [0.25, 0.3) is 22.2 Å². The first kappa shape index (κ1) is 23.8. The van der Waals surface area contributed by atoms with Crippen LogP contribution in [-0.2, 0) is 7.05 Å². The largest absolute Gasteiger partial charge is 0.366 e. The Morgan fingerprint density at radius 3 is 2.47 bits per heavy atom. The minimum atomic E-state index is -0.983. The normalized spacial score (nSPS) is 15.9. The number of amides is 1. The molecule has 1 atom stereocenters. The lowest BCUT2D eigenvalue weighted by Gasteiger charge is -2.35. The van der Waals surface area contributed by atoms with Gasteiger partial charge >= 0.3 is 0 Å². The third-order valence-electron chi connectivity index (χ3n) is 6.46. The highest BCUT2D eigenvalue weighted by Crippen LogP contribution is 2.27. The van der Waals surface area contributed by atoms with Gasteiger partial charge in [0, 0.05) is 50.1 Å². The van der Waals surface area contributed by atoms with Gasteiger partial charge in [0.05, 0.1) is 16.7 Å². The number of anilines is 1. The zero-order chi connectivity index (χ0) is 25.4. The summed E-state index contributed by atoms with van der Waals surface area (Å²) < 4.78 is 42.3. The van der Waals surface area contributed by atoms with Gasteiger partial charge < -0.3 is 10.2 Å². The number of piperidine rings is 1. The number of hydrogen-bond donors (Lipinski definition) is 1. The molecule has 1 N–H and O–H groups in total. The molecule has 5 rings (SSSR count). The highest BCUT2D eigenvalue weighted by atomic mass is 19.2. The van der Waals surface area contributed by atoms with Crippen LogP contribution in [0.2, 0.25) is 0 Å². The Balaban J connectivity index is 1.38. The van der Waals surface area contributed by atoms with Crippen LogP contribution in [-0.4, -0.2) is 49.7 Å². The minimum Gasteiger partial charge on any atom is -0.366 e. The Hall–Kier alpha value is -3.95. The summed E-state index contributed by atoms with van der Waals surface area (Å²) >= 11 is 0. The summed E-state index contributed by atoms with van der Waals surface area (Å²) in [6.45, 7) is 2.73. The first-order valence-corrected chi connectivity index (χ1v) is 11.8. The number of aromatic nitrogens is 4. The Bertz CT molecular complexity index is 1440. The molecule has 10 heteroatoms. The average Bonchev–Trinajstić information content (AvgIpc) is 3.25. The number of benzene rings is 2. The van der Waals surface area contributed by atoms with E-state index in [1.54, 1.807) is 37.0 Å². The van der Waals surface area contributed by atoms with E-state index in [4.69, 9.17) is 0 Å². The number of rotatable bonds is 5. The van der Waals surface area contributed by atoms with Gasteiger partial charge in [-0.3, -0.25) is 9.48 Å². The monoisotopic (exact) mass is 494 g/mol. The maximum atomic E-state index is 13.7. The van der Waals surface area contributed by atoms with Gasteiger partial charge in [-0.05, 0) is 43.9 Å². The van der Waals surface area contributed by atoms with Gasteiger partial charge in [-0.25, -0.2) is 23.1 Å². The summed E-state index contributed by atoms with van der Waals surface area (Å²) in [5.41, 5.74) is 2.74. The van der Waals surface area contributed by atoms with Crippen LogP contribution in [0.15, 0.2) is 42.6 Å². The predicted octanol–water partition coefficient (Wildman–Crippen LogP) is 4.86. The third kappa shape index (κ3) is 4.62. The smallest absolute Gasteiger partial charge is 0.275 e. The quantitative estimate of drug-likeness (QED) is 0.429. The summed E-state index contributed by atoms with van der Waals surface area (Å²) in [6, 6.07) is 7.91. The third-order valence-corrected chi connectivity index (χ3v) is 6.46. The highest BCUT2D eigenvalue weighted by molar-refractivity contribution is 5.99. The van der Waals surface area contributed by atoms with E-state index in [1.807, 2.05) is 4.90 Å². The molecule has 7 nitrogen and oxygen atoms in total. The van der Waals surface area contributed by atoms with Crippen LogP contribution in [0.4, 0.5) is 19.0 Å². The average molecular weight is 495 g/mol. The number of carbonyl (C=O) groups excluding carboxylic acids is 1. The van der Waals surface area contributed by atoms with Gasteiger partial charge in [0.1, 0.15) is 11.6 Å². The zero-order valence-electron chi connectivity index (χ0n) is 19.9. The Morgan fingerprint density at radius 2 is 1.75 bits per heavy atom.